The summed E-state index contributed by atoms with van der Waals surface area (Å²) in [4.78, 5) is 20.3. The Balaban J connectivity index is 1.76. The van der Waals surface area contributed by atoms with Gasteiger partial charge in [-0.3, -0.25) is 0 Å². The second kappa shape index (κ2) is 8.27. The van der Waals surface area contributed by atoms with E-state index < -0.39 is 0 Å². The number of carbonyl (C=O) groups excluding carboxylic acids is 1. The molecule has 0 spiro atoms. The summed E-state index contributed by atoms with van der Waals surface area (Å²) in [7, 11) is 0. The molecule has 7 heteroatoms. The third-order valence-electron chi connectivity index (χ3n) is 3.64. The van der Waals surface area contributed by atoms with Crippen LogP contribution in [0.1, 0.15) is 23.1 Å². The first kappa shape index (κ1) is 18.3. The molecule has 6 nitrogen and oxygen atoms in total. The molecule has 0 saturated carbocycles. The van der Waals surface area contributed by atoms with E-state index in [4.69, 9.17) is 4.74 Å². The van der Waals surface area contributed by atoms with Crippen molar-refractivity contribution in [1.29, 1.82) is 0 Å². The van der Waals surface area contributed by atoms with Crippen molar-refractivity contribution in [3.63, 3.8) is 0 Å². The number of nitrogens with one attached hydrogen (secondary N) is 2. The number of aryl methyl sites for hydroxylation is 1. The highest BCUT2D eigenvalue weighted by Crippen LogP contribution is 2.22. The second-order valence-electron chi connectivity index (χ2n) is 5.71. The summed E-state index contributed by atoms with van der Waals surface area (Å²) in [5, 5.41) is 6.10. The molecule has 0 aliphatic heterocycles. The lowest BCUT2D eigenvalue weighted by atomic mass is 10.2. The first-order valence-corrected chi connectivity index (χ1v) is 8.46. The number of nitrogens with zero attached hydrogens (tertiary/aromatic N) is 2. The minimum Gasteiger partial charge on any atom is -0.462 e. The molecule has 3 aromatic rings. The highest BCUT2D eigenvalue weighted by Gasteiger charge is 2.08. The summed E-state index contributed by atoms with van der Waals surface area (Å²) in [6.45, 7) is 3.84. The van der Waals surface area contributed by atoms with Crippen molar-refractivity contribution in [3.8, 4) is 0 Å². The molecule has 3 rings (SSSR count). The minimum atomic E-state index is -0.363. The Bertz CT molecular complexity index is 945. The van der Waals surface area contributed by atoms with Crippen LogP contribution in [-0.2, 0) is 4.74 Å². The van der Waals surface area contributed by atoms with Crippen molar-refractivity contribution in [2.75, 3.05) is 17.2 Å². The lowest BCUT2D eigenvalue weighted by Crippen LogP contribution is -2.05. The van der Waals surface area contributed by atoms with Crippen LogP contribution in [0, 0.1) is 12.7 Å². The fourth-order valence-electron chi connectivity index (χ4n) is 2.45. The van der Waals surface area contributed by atoms with Gasteiger partial charge in [0, 0.05) is 11.8 Å². The van der Waals surface area contributed by atoms with Gasteiger partial charge in [0.1, 0.15) is 23.3 Å². The third kappa shape index (κ3) is 4.78. The van der Waals surface area contributed by atoms with Crippen LogP contribution >= 0.6 is 0 Å². The van der Waals surface area contributed by atoms with E-state index in [0.29, 0.717) is 35.3 Å². The van der Waals surface area contributed by atoms with Crippen molar-refractivity contribution >= 4 is 29.0 Å². The van der Waals surface area contributed by atoms with Gasteiger partial charge in [0.05, 0.1) is 17.9 Å². The van der Waals surface area contributed by atoms with E-state index in [9.17, 15) is 9.18 Å². The van der Waals surface area contributed by atoms with Gasteiger partial charge in [-0.05, 0) is 50.2 Å². The molecule has 0 bridgehead atoms. The molecule has 27 heavy (non-hydrogen) atoms. The Morgan fingerprint density at radius 3 is 2.37 bits per heavy atom. The highest BCUT2D eigenvalue weighted by atomic mass is 19.1. The largest absolute Gasteiger partial charge is 0.462 e. The average Bonchev–Trinajstić information content (AvgIpc) is 2.64. The topological polar surface area (TPSA) is 76.1 Å². The fraction of sp³-hybridized carbons (Fsp3) is 0.150. The summed E-state index contributed by atoms with van der Waals surface area (Å²) in [6.07, 6.45) is 0. The van der Waals surface area contributed by atoms with Crippen LogP contribution in [0.4, 0.5) is 27.4 Å². The molecule has 1 aromatic heterocycles. The number of halogens is 1. The molecule has 138 valence electrons. The quantitative estimate of drug-likeness (QED) is 0.622. The number of hydrogen-bond acceptors (Lipinski definition) is 6. The number of para-hydroxylation sites is 1. The van der Waals surface area contributed by atoms with E-state index >= 15 is 0 Å². The van der Waals surface area contributed by atoms with E-state index in [-0.39, 0.29) is 11.8 Å². The van der Waals surface area contributed by atoms with Crippen LogP contribution in [0.2, 0.25) is 0 Å². The van der Waals surface area contributed by atoms with Gasteiger partial charge in [-0.15, -0.1) is 0 Å². The summed E-state index contributed by atoms with van der Waals surface area (Å²) in [6, 6.07) is 14.9. The standard InChI is InChI=1S/C20H19FN4O2/c1-3-27-20(26)14-8-10-15(11-9-14)24-18-12-19(23-13(2)22-18)25-17-7-5-4-6-16(17)21/h4-12H,3H2,1-2H3,(H2,22,23,24,25). The van der Waals surface area contributed by atoms with E-state index in [0.717, 1.165) is 5.69 Å². The van der Waals surface area contributed by atoms with Crippen LogP contribution in [0.5, 0.6) is 0 Å². The van der Waals surface area contributed by atoms with E-state index in [1.54, 1.807) is 62.4 Å². The fourth-order valence-corrected chi connectivity index (χ4v) is 2.45. The number of esters is 1. The molecule has 2 N–H and O–H groups in total. The number of anilines is 4. The molecule has 0 radical (unpaired) electrons. The van der Waals surface area contributed by atoms with E-state index in [1.165, 1.54) is 6.07 Å². The predicted molar refractivity (Wildman–Crippen MR) is 102 cm³/mol. The summed E-state index contributed by atoms with van der Waals surface area (Å²) in [5.41, 5.74) is 1.56. The zero-order valence-electron chi connectivity index (χ0n) is 15.0. The maximum Gasteiger partial charge on any atom is 0.338 e. The van der Waals surface area contributed by atoms with Gasteiger partial charge >= 0.3 is 5.97 Å². The Morgan fingerprint density at radius 2 is 1.70 bits per heavy atom. The molecule has 2 aromatic carbocycles. The van der Waals surface area contributed by atoms with Gasteiger partial charge < -0.3 is 15.4 Å². The minimum absolute atomic E-state index is 0.330. The van der Waals surface area contributed by atoms with Gasteiger partial charge in [0.15, 0.2) is 0 Å². The van der Waals surface area contributed by atoms with Crippen LogP contribution in [-0.4, -0.2) is 22.5 Å². The number of aromatic nitrogens is 2. The second-order valence-corrected chi connectivity index (χ2v) is 5.71. The summed E-state index contributed by atoms with van der Waals surface area (Å²) in [5.74, 6) is 0.821. The molecule has 0 saturated heterocycles. The van der Waals surface area contributed by atoms with Gasteiger partial charge in [-0.1, -0.05) is 12.1 Å². The maximum atomic E-state index is 13.8. The molecular formula is C20H19FN4O2. The van der Waals surface area contributed by atoms with Gasteiger partial charge in [-0.25, -0.2) is 19.2 Å². The Hall–Kier alpha value is -3.48. The van der Waals surface area contributed by atoms with Gasteiger partial charge in [0.25, 0.3) is 0 Å². The van der Waals surface area contributed by atoms with Crippen molar-refractivity contribution in [2.45, 2.75) is 13.8 Å². The molecule has 1 heterocycles. The van der Waals surface area contributed by atoms with Crippen molar-refractivity contribution in [3.05, 3.63) is 71.8 Å². The molecular weight excluding hydrogens is 347 g/mol. The Labute approximate surface area is 156 Å². The van der Waals surface area contributed by atoms with Crippen molar-refractivity contribution in [1.82, 2.24) is 9.97 Å². The first-order chi connectivity index (χ1) is 13.0. The van der Waals surface area contributed by atoms with Gasteiger partial charge in [-0.2, -0.15) is 0 Å². The number of ether oxygens (including phenoxy) is 1. The zero-order valence-corrected chi connectivity index (χ0v) is 15.0. The molecule has 0 fully saturated rings. The van der Waals surface area contributed by atoms with Gasteiger partial charge in [0.2, 0.25) is 0 Å². The Morgan fingerprint density at radius 1 is 1.04 bits per heavy atom. The summed E-state index contributed by atoms with van der Waals surface area (Å²) >= 11 is 0. The van der Waals surface area contributed by atoms with Crippen LogP contribution in [0.15, 0.2) is 54.6 Å². The van der Waals surface area contributed by atoms with E-state index in [2.05, 4.69) is 20.6 Å². The SMILES string of the molecule is CCOC(=O)c1ccc(Nc2cc(Nc3ccccc3F)nc(C)n2)cc1. The van der Waals surface area contributed by atoms with Crippen molar-refractivity contribution in [2.24, 2.45) is 0 Å². The first-order valence-electron chi connectivity index (χ1n) is 8.46. The lowest BCUT2D eigenvalue weighted by molar-refractivity contribution is 0.0526. The molecule has 0 unspecified atom stereocenters. The van der Waals surface area contributed by atoms with Crippen molar-refractivity contribution < 1.29 is 13.9 Å². The predicted octanol–water partition coefficient (Wildman–Crippen LogP) is 4.59. The Kier molecular flexibility index (Phi) is 5.61. The smallest absolute Gasteiger partial charge is 0.338 e. The number of benzene rings is 2. The molecule has 0 atom stereocenters. The third-order valence-corrected chi connectivity index (χ3v) is 3.64. The number of rotatable bonds is 6. The molecule has 0 aliphatic carbocycles. The van der Waals surface area contributed by atoms with Crippen LogP contribution in [0.3, 0.4) is 0 Å². The molecule has 0 amide bonds. The highest BCUT2D eigenvalue weighted by molar-refractivity contribution is 5.89. The zero-order chi connectivity index (χ0) is 19.2. The monoisotopic (exact) mass is 366 g/mol. The maximum absolute atomic E-state index is 13.8. The number of carbonyl (C=O) groups is 1. The van der Waals surface area contributed by atoms with Crippen LogP contribution < -0.4 is 10.6 Å². The summed E-state index contributed by atoms with van der Waals surface area (Å²) < 4.78 is 18.8. The number of hydrogen-bond donors (Lipinski definition) is 2. The normalized spacial score (nSPS) is 10.3. The lowest BCUT2D eigenvalue weighted by Gasteiger charge is -2.11. The molecule has 0 aliphatic rings. The van der Waals surface area contributed by atoms with Crippen LogP contribution in [0.25, 0.3) is 0 Å². The van der Waals surface area contributed by atoms with E-state index in [1.807, 2.05) is 0 Å². The average molecular weight is 366 g/mol.